The Morgan fingerprint density at radius 1 is 1.28 bits per heavy atom. The third-order valence-electron chi connectivity index (χ3n) is 3.08. The SMILES string of the molecule is CN=C(NCCCNS(C)(=O)=O)N(C)CCOc1ccc(Cl)cc1.I. The van der Waals surface area contributed by atoms with E-state index < -0.39 is 10.0 Å². The summed E-state index contributed by atoms with van der Waals surface area (Å²) in [5.74, 6) is 1.50. The number of halogens is 2. The lowest BCUT2D eigenvalue weighted by Gasteiger charge is -2.22. The van der Waals surface area contributed by atoms with Gasteiger partial charge in [0.25, 0.3) is 0 Å². The minimum Gasteiger partial charge on any atom is -0.492 e. The van der Waals surface area contributed by atoms with Gasteiger partial charge in [-0.15, -0.1) is 24.0 Å². The molecule has 1 aromatic carbocycles. The molecule has 144 valence electrons. The molecular weight excluding hydrogens is 479 g/mol. The summed E-state index contributed by atoms with van der Waals surface area (Å²) in [7, 11) is 0.483. The van der Waals surface area contributed by atoms with Gasteiger partial charge in [0, 0.05) is 32.2 Å². The van der Waals surface area contributed by atoms with E-state index in [1.807, 2.05) is 24.1 Å². The van der Waals surface area contributed by atoms with E-state index >= 15 is 0 Å². The molecule has 0 aliphatic carbocycles. The predicted molar refractivity (Wildman–Crippen MR) is 114 cm³/mol. The number of rotatable bonds is 9. The van der Waals surface area contributed by atoms with Gasteiger partial charge in [-0.3, -0.25) is 4.99 Å². The number of hydrogen-bond acceptors (Lipinski definition) is 4. The summed E-state index contributed by atoms with van der Waals surface area (Å²) < 4.78 is 30.0. The first-order valence-electron chi connectivity index (χ1n) is 7.56. The van der Waals surface area contributed by atoms with Crippen molar-refractivity contribution in [2.24, 2.45) is 4.99 Å². The zero-order valence-electron chi connectivity index (χ0n) is 14.7. The van der Waals surface area contributed by atoms with Crippen molar-refractivity contribution in [2.75, 3.05) is 46.6 Å². The molecule has 0 fully saturated rings. The predicted octanol–water partition coefficient (Wildman–Crippen LogP) is 1.78. The Labute approximate surface area is 172 Å². The van der Waals surface area contributed by atoms with Crippen molar-refractivity contribution >= 4 is 51.6 Å². The molecule has 2 N–H and O–H groups in total. The number of hydrogen-bond donors (Lipinski definition) is 2. The number of guanidine groups is 1. The molecule has 0 aliphatic heterocycles. The van der Waals surface area contributed by atoms with Gasteiger partial charge in [0.1, 0.15) is 12.4 Å². The van der Waals surface area contributed by atoms with Gasteiger partial charge in [-0.2, -0.15) is 0 Å². The number of nitrogens with zero attached hydrogens (tertiary/aromatic N) is 2. The number of sulfonamides is 1. The number of nitrogens with one attached hydrogen (secondary N) is 2. The second kappa shape index (κ2) is 12.6. The van der Waals surface area contributed by atoms with E-state index in [9.17, 15) is 8.42 Å². The first-order chi connectivity index (χ1) is 11.3. The lowest BCUT2D eigenvalue weighted by molar-refractivity contribution is 0.281. The van der Waals surface area contributed by atoms with E-state index in [1.54, 1.807) is 19.2 Å². The van der Waals surface area contributed by atoms with Crippen LogP contribution in [-0.4, -0.2) is 65.9 Å². The van der Waals surface area contributed by atoms with Gasteiger partial charge in [-0.05, 0) is 30.7 Å². The van der Waals surface area contributed by atoms with Crippen molar-refractivity contribution in [2.45, 2.75) is 6.42 Å². The molecule has 10 heteroatoms. The number of benzene rings is 1. The smallest absolute Gasteiger partial charge is 0.208 e. The fourth-order valence-corrected chi connectivity index (χ4v) is 2.51. The molecule has 0 amide bonds. The highest BCUT2D eigenvalue weighted by atomic mass is 127. The Morgan fingerprint density at radius 2 is 1.92 bits per heavy atom. The van der Waals surface area contributed by atoms with Crippen molar-refractivity contribution in [3.05, 3.63) is 29.3 Å². The van der Waals surface area contributed by atoms with E-state index in [2.05, 4.69) is 15.0 Å². The Bertz CT molecular complexity index is 626. The molecule has 0 unspecified atom stereocenters. The number of ether oxygens (including phenoxy) is 1. The molecule has 0 aliphatic rings. The number of likely N-dealkylation sites (N-methyl/N-ethyl adjacent to an activating group) is 1. The minimum absolute atomic E-state index is 0. The van der Waals surface area contributed by atoms with Crippen molar-refractivity contribution in [1.82, 2.24) is 14.9 Å². The summed E-state index contributed by atoms with van der Waals surface area (Å²) in [6, 6.07) is 7.21. The zero-order valence-corrected chi connectivity index (χ0v) is 18.6. The monoisotopic (exact) mass is 504 g/mol. The molecule has 1 aromatic rings. The lowest BCUT2D eigenvalue weighted by Crippen LogP contribution is -2.41. The highest BCUT2D eigenvalue weighted by Crippen LogP contribution is 2.15. The maximum atomic E-state index is 11.0. The quantitative estimate of drug-likeness (QED) is 0.232. The first kappa shape index (κ1) is 24.2. The second-order valence-corrected chi connectivity index (χ2v) is 7.49. The Kier molecular flexibility index (Phi) is 12.2. The molecule has 0 saturated carbocycles. The van der Waals surface area contributed by atoms with Crippen LogP contribution < -0.4 is 14.8 Å². The standard InChI is InChI=1S/C15H25ClN4O3S.HI/c1-17-15(18-9-4-10-19-24(3,21)22)20(2)11-12-23-14-7-5-13(16)6-8-14;/h5-8,19H,4,9-12H2,1-3H3,(H,17,18);1H. The van der Waals surface area contributed by atoms with Gasteiger partial charge >= 0.3 is 0 Å². The molecule has 0 aromatic heterocycles. The zero-order chi connectivity index (χ0) is 18.0. The van der Waals surface area contributed by atoms with Gasteiger partial charge in [0.2, 0.25) is 10.0 Å². The summed E-state index contributed by atoms with van der Waals surface area (Å²) in [5.41, 5.74) is 0. The van der Waals surface area contributed by atoms with Gasteiger partial charge in [-0.1, -0.05) is 11.6 Å². The lowest BCUT2D eigenvalue weighted by atomic mass is 10.3. The molecule has 1 rings (SSSR count). The van der Waals surface area contributed by atoms with Crippen LogP contribution in [-0.2, 0) is 10.0 Å². The fourth-order valence-electron chi connectivity index (χ4n) is 1.87. The molecule has 0 spiro atoms. The van der Waals surface area contributed by atoms with Crippen LogP contribution in [0.3, 0.4) is 0 Å². The van der Waals surface area contributed by atoms with Crippen molar-refractivity contribution in [3.8, 4) is 5.75 Å². The summed E-state index contributed by atoms with van der Waals surface area (Å²) >= 11 is 5.83. The molecule has 0 atom stereocenters. The second-order valence-electron chi connectivity index (χ2n) is 5.22. The Morgan fingerprint density at radius 3 is 2.48 bits per heavy atom. The van der Waals surface area contributed by atoms with Crippen LogP contribution in [0.5, 0.6) is 5.75 Å². The van der Waals surface area contributed by atoms with Crippen LogP contribution in [0.15, 0.2) is 29.3 Å². The molecule has 0 saturated heterocycles. The first-order valence-corrected chi connectivity index (χ1v) is 9.83. The largest absolute Gasteiger partial charge is 0.492 e. The van der Waals surface area contributed by atoms with Crippen LogP contribution in [0.4, 0.5) is 0 Å². The third kappa shape index (κ3) is 11.4. The van der Waals surface area contributed by atoms with E-state index in [0.29, 0.717) is 37.7 Å². The van der Waals surface area contributed by atoms with Crippen LogP contribution >= 0.6 is 35.6 Å². The normalized spacial score (nSPS) is 11.6. The maximum absolute atomic E-state index is 11.0. The highest BCUT2D eigenvalue weighted by Gasteiger charge is 2.06. The average Bonchev–Trinajstić information content (AvgIpc) is 2.51. The van der Waals surface area contributed by atoms with Crippen LogP contribution in [0.2, 0.25) is 5.02 Å². The van der Waals surface area contributed by atoms with Crippen molar-refractivity contribution in [1.29, 1.82) is 0 Å². The van der Waals surface area contributed by atoms with Gasteiger partial charge in [-0.25, -0.2) is 13.1 Å². The van der Waals surface area contributed by atoms with Gasteiger partial charge in [0.15, 0.2) is 5.96 Å². The van der Waals surface area contributed by atoms with Gasteiger partial charge in [0.05, 0.1) is 12.8 Å². The summed E-state index contributed by atoms with van der Waals surface area (Å²) in [6.07, 6.45) is 1.81. The van der Waals surface area contributed by atoms with E-state index in [0.717, 1.165) is 18.0 Å². The molecule has 0 heterocycles. The Hall–Kier alpha value is -0.780. The fraction of sp³-hybridized carbons (Fsp3) is 0.533. The molecule has 7 nitrogen and oxygen atoms in total. The van der Waals surface area contributed by atoms with Crippen LogP contribution in [0, 0.1) is 0 Å². The average molecular weight is 505 g/mol. The van der Waals surface area contributed by atoms with Crippen LogP contribution in [0.25, 0.3) is 0 Å². The van der Waals surface area contributed by atoms with E-state index in [4.69, 9.17) is 16.3 Å². The van der Waals surface area contributed by atoms with E-state index in [-0.39, 0.29) is 24.0 Å². The minimum atomic E-state index is -3.13. The topological polar surface area (TPSA) is 83.0 Å². The van der Waals surface area contributed by atoms with Gasteiger partial charge < -0.3 is 15.0 Å². The molecular formula is C15H26ClIN4O3S. The molecule has 25 heavy (non-hydrogen) atoms. The third-order valence-corrected chi connectivity index (χ3v) is 4.06. The van der Waals surface area contributed by atoms with Crippen LogP contribution in [0.1, 0.15) is 6.42 Å². The van der Waals surface area contributed by atoms with Crippen molar-refractivity contribution in [3.63, 3.8) is 0 Å². The highest BCUT2D eigenvalue weighted by molar-refractivity contribution is 14.0. The van der Waals surface area contributed by atoms with Crippen molar-refractivity contribution < 1.29 is 13.2 Å². The van der Waals surface area contributed by atoms with E-state index in [1.165, 1.54) is 0 Å². The Balaban J connectivity index is 0.00000576. The summed E-state index contributed by atoms with van der Waals surface area (Å²) in [6.45, 7) is 2.18. The molecule has 0 bridgehead atoms. The summed E-state index contributed by atoms with van der Waals surface area (Å²) in [5, 5.41) is 3.86. The maximum Gasteiger partial charge on any atom is 0.208 e. The number of aliphatic imine (C=N–C) groups is 1. The summed E-state index contributed by atoms with van der Waals surface area (Å²) in [4.78, 5) is 6.14. The molecule has 0 radical (unpaired) electrons.